The van der Waals surface area contributed by atoms with Crippen LogP contribution in [0, 0.1) is 6.92 Å². The van der Waals surface area contributed by atoms with Crippen LogP contribution in [0.5, 0.6) is 0 Å². The number of hydrogen-bond acceptors (Lipinski definition) is 7. The van der Waals surface area contributed by atoms with E-state index in [1.165, 1.54) is 12.3 Å². The molecule has 150 valence electrons. The first-order chi connectivity index (χ1) is 13.9. The number of aryl methyl sites for hydroxylation is 1. The number of likely N-dealkylation sites (tertiary alicyclic amines) is 1. The Bertz CT molecular complexity index is 1140. The Morgan fingerprint density at radius 2 is 2.00 bits per heavy atom. The van der Waals surface area contributed by atoms with Gasteiger partial charge in [-0.1, -0.05) is 17.3 Å². The maximum absolute atomic E-state index is 12.8. The lowest BCUT2D eigenvalue weighted by Crippen LogP contribution is -2.27. The van der Waals surface area contributed by atoms with Crippen LogP contribution < -0.4 is 4.72 Å². The third kappa shape index (κ3) is 3.97. The van der Waals surface area contributed by atoms with E-state index in [-0.39, 0.29) is 22.5 Å². The Morgan fingerprint density at radius 1 is 1.21 bits per heavy atom. The summed E-state index contributed by atoms with van der Waals surface area (Å²) in [5.41, 5.74) is 1.35. The highest BCUT2D eigenvalue weighted by Gasteiger charge is 2.26. The molecular weight excluding hydrogens is 394 g/mol. The number of hydrogen-bond donors (Lipinski definition) is 1. The zero-order valence-electron chi connectivity index (χ0n) is 15.7. The van der Waals surface area contributed by atoms with E-state index in [0.29, 0.717) is 29.9 Å². The highest BCUT2D eigenvalue weighted by Crippen LogP contribution is 2.25. The molecule has 0 unspecified atom stereocenters. The second kappa shape index (κ2) is 7.63. The molecule has 10 heteroatoms. The lowest BCUT2D eigenvalue weighted by atomic mass is 10.1. The van der Waals surface area contributed by atoms with Gasteiger partial charge in [0.15, 0.2) is 0 Å². The summed E-state index contributed by atoms with van der Waals surface area (Å²) in [6.45, 7) is 3.03. The fraction of sp³-hybridized carbons (Fsp3) is 0.263. The summed E-state index contributed by atoms with van der Waals surface area (Å²) in [6.07, 6.45) is 4.89. The van der Waals surface area contributed by atoms with Gasteiger partial charge in [0.2, 0.25) is 5.82 Å². The van der Waals surface area contributed by atoms with Gasteiger partial charge in [0.25, 0.3) is 10.0 Å². The first-order valence-corrected chi connectivity index (χ1v) is 10.6. The van der Waals surface area contributed by atoms with E-state index < -0.39 is 10.0 Å². The number of amides is 1. The number of anilines is 1. The summed E-state index contributed by atoms with van der Waals surface area (Å²) in [7, 11) is -3.85. The highest BCUT2D eigenvalue weighted by molar-refractivity contribution is 7.92. The van der Waals surface area contributed by atoms with Crippen LogP contribution >= 0.6 is 0 Å². The summed E-state index contributed by atoms with van der Waals surface area (Å²) in [5, 5.41) is 3.86. The van der Waals surface area contributed by atoms with E-state index in [1.54, 1.807) is 42.3 Å². The zero-order chi connectivity index (χ0) is 20.4. The average Bonchev–Trinajstić information content (AvgIpc) is 3.40. The van der Waals surface area contributed by atoms with Crippen molar-refractivity contribution in [2.75, 3.05) is 17.8 Å². The topological polar surface area (TPSA) is 118 Å². The Hall–Kier alpha value is -3.27. The quantitative estimate of drug-likeness (QED) is 0.682. The molecule has 9 nitrogen and oxygen atoms in total. The molecule has 1 saturated heterocycles. The monoisotopic (exact) mass is 413 g/mol. The van der Waals surface area contributed by atoms with Crippen molar-refractivity contribution in [3.05, 3.63) is 54.2 Å². The van der Waals surface area contributed by atoms with Crippen LogP contribution in [0.3, 0.4) is 0 Å². The summed E-state index contributed by atoms with van der Waals surface area (Å²) >= 11 is 0. The van der Waals surface area contributed by atoms with Crippen LogP contribution in [-0.2, 0) is 10.0 Å². The van der Waals surface area contributed by atoms with Crippen LogP contribution in [-0.4, -0.2) is 47.4 Å². The number of nitrogens with zero attached hydrogens (tertiary/aromatic N) is 4. The van der Waals surface area contributed by atoms with Crippen LogP contribution in [0.2, 0.25) is 0 Å². The van der Waals surface area contributed by atoms with E-state index in [1.807, 2.05) is 0 Å². The van der Waals surface area contributed by atoms with Crippen LogP contribution in [0.25, 0.3) is 11.4 Å². The molecule has 1 aliphatic heterocycles. The molecular formula is C19H19N5O4S. The van der Waals surface area contributed by atoms with Gasteiger partial charge < -0.3 is 9.42 Å². The lowest BCUT2D eigenvalue weighted by molar-refractivity contribution is 0.0743. The summed E-state index contributed by atoms with van der Waals surface area (Å²) < 4.78 is 33.3. The van der Waals surface area contributed by atoms with Crippen molar-refractivity contribution in [2.24, 2.45) is 0 Å². The predicted molar refractivity (Wildman–Crippen MR) is 105 cm³/mol. The van der Waals surface area contributed by atoms with Gasteiger partial charge in [-0.05, 0) is 43.5 Å². The molecule has 3 heterocycles. The number of carbonyl (C=O) groups is 1. The van der Waals surface area contributed by atoms with Gasteiger partial charge in [-0.3, -0.25) is 14.5 Å². The molecule has 1 fully saturated rings. The molecule has 4 rings (SSSR count). The second-order valence-electron chi connectivity index (χ2n) is 6.75. The molecule has 0 bridgehead atoms. The minimum Gasteiger partial charge on any atom is -0.334 e. The van der Waals surface area contributed by atoms with E-state index in [0.717, 1.165) is 12.8 Å². The van der Waals surface area contributed by atoms with Crippen molar-refractivity contribution in [3.8, 4) is 11.4 Å². The molecule has 3 aromatic rings. The number of rotatable bonds is 5. The Labute approximate surface area is 167 Å². The van der Waals surface area contributed by atoms with Crippen LogP contribution in [0.4, 0.5) is 5.69 Å². The molecule has 1 aromatic carbocycles. The van der Waals surface area contributed by atoms with Crippen molar-refractivity contribution >= 4 is 21.6 Å². The third-order valence-electron chi connectivity index (χ3n) is 4.65. The van der Waals surface area contributed by atoms with Gasteiger partial charge in [0.05, 0.1) is 16.8 Å². The molecule has 0 aliphatic carbocycles. The van der Waals surface area contributed by atoms with Crippen LogP contribution in [0.15, 0.2) is 52.1 Å². The number of sulfonamides is 1. The van der Waals surface area contributed by atoms with Crippen molar-refractivity contribution in [3.63, 3.8) is 0 Å². The predicted octanol–water partition coefficient (Wildman–Crippen LogP) is 2.48. The van der Waals surface area contributed by atoms with Gasteiger partial charge >= 0.3 is 11.8 Å². The smallest absolute Gasteiger partial charge is 0.316 e. The molecule has 2 aromatic heterocycles. The first kappa shape index (κ1) is 19.1. The number of nitrogens with one attached hydrogen (secondary N) is 1. The normalized spacial score (nSPS) is 14.2. The van der Waals surface area contributed by atoms with E-state index in [2.05, 4.69) is 19.8 Å². The molecule has 1 aliphatic rings. The Balaban J connectivity index is 1.63. The number of benzene rings is 1. The first-order valence-electron chi connectivity index (χ1n) is 9.11. The molecule has 29 heavy (non-hydrogen) atoms. The van der Waals surface area contributed by atoms with Gasteiger partial charge in [0.1, 0.15) is 0 Å². The van der Waals surface area contributed by atoms with E-state index in [4.69, 9.17) is 4.52 Å². The standard InChI is InChI=1S/C19H19N5O4S/c1-13-6-7-14(11-16(13)29(26,27)23-15-5-4-8-20-12-15)17-21-18(28-22-17)19(25)24-9-2-3-10-24/h4-8,11-12,23H,2-3,9-10H2,1H3. The lowest BCUT2D eigenvalue weighted by Gasteiger charge is -2.11. The summed E-state index contributed by atoms with van der Waals surface area (Å²) in [4.78, 5) is 22.2. The fourth-order valence-electron chi connectivity index (χ4n) is 3.15. The number of carbonyl (C=O) groups excluding carboxylic acids is 1. The summed E-state index contributed by atoms with van der Waals surface area (Å²) in [6, 6.07) is 8.06. The molecule has 0 saturated carbocycles. The molecule has 1 N–H and O–H groups in total. The SMILES string of the molecule is Cc1ccc(-c2noc(C(=O)N3CCCC3)n2)cc1S(=O)(=O)Nc1cccnc1. The Kier molecular flexibility index (Phi) is 5.01. The molecule has 0 atom stereocenters. The fourth-order valence-corrected chi connectivity index (χ4v) is 4.46. The average molecular weight is 413 g/mol. The van der Waals surface area contributed by atoms with E-state index in [9.17, 15) is 13.2 Å². The van der Waals surface area contributed by atoms with Crippen molar-refractivity contribution in [2.45, 2.75) is 24.7 Å². The van der Waals surface area contributed by atoms with Crippen molar-refractivity contribution in [1.29, 1.82) is 0 Å². The molecule has 1 amide bonds. The maximum atomic E-state index is 12.8. The maximum Gasteiger partial charge on any atom is 0.316 e. The molecule has 0 radical (unpaired) electrons. The zero-order valence-corrected chi connectivity index (χ0v) is 16.5. The van der Waals surface area contributed by atoms with Gasteiger partial charge in [-0.2, -0.15) is 4.98 Å². The summed E-state index contributed by atoms with van der Waals surface area (Å²) in [5.74, 6) is -0.245. The van der Waals surface area contributed by atoms with Crippen molar-refractivity contribution < 1.29 is 17.7 Å². The van der Waals surface area contributed by atoms with Crippen molar-refractivity contribution in [1.82, 2.24) is 20.0 Å². The minimum atomic E-state index is -3.85. The largest absolute Gasteiger partial charge is 0.334 e. The number of pyridine rings is 1. The number of aromatic nitrogens is 3. The molecule has 0 spiro atoms. The third-order valence-corrected chi connectivity index (χ3v) is 6.18. The highest BCUT2D eigenvalue weighted by atomic mass is 32.2. The van der Waals surface area contributed by atoms with Gasteiger partial charge in [0, 0.05) is 24.8 Å². The van der Waals surface area contributed by atoms with Crippen LogP contribution in [0.1, 0.15) is 29.1 Å². The van der Waals surface area contributed by atoms with Gasteiger partial charge in [-0.15, -0.1) is 0 Å². The Morgan fingerprint density at radius 3 is 2.72 bits per heavy atom. The minimum absolute atomic E-state index is 0.0797. The van der Waals surface area contributed by atoms with E-state index >= 15 is 0 Å². The second-order valence-corrected chi connectivity index (χ2v) is 8.40. The van der Waals surface area contributed by atoms with Gasteiger partial charge in [-0.25, -0.2) is 8.42 Å².